The Bertz CT molecular complexity index is 572. The van der Waals surface area contributed by atoms with Crippen LogP contribution >= 0.6 is 0 Å². The molecule has 1 aromatic carbocycles. The van der Waals surface area contributed by atoms with Crippen molar-refractivity contribution in [3.05, 3.63) is 35.4 Å². The van der Waals surface area contributed by atoms with Gasteiger partial charge in [-0.05, 0) is 30.9 Å². The van der Waals surface area contributed by atoms with Crippen LogP contribution in [0.4, 0.5) is 13.2 Å². The van der Waals surface area contributed by atoms with Crippen molar-refractivity contribution in [3.63, 3.8) is 0 Å². The van der Waals surface area contributed by atoms with E-state index in [4.69, 9.17) is 0 Å². The third kappa shape index (κ3) is 3.78. The van der Waals surface area contributed by atoms with Gasteiger partial charge in [-0.15, -0.1) is 0 Å². The number of nitrogens with one attached hydrogen (secondary N) is 2. The van der Waals surface area contributed by atoms with E-state index in [1.165, 1.54) is 0 Å². The maximum atomic E-state index is 12.5. The molecule has 2 N–H and O–H groups in total. The number of hydrogen-bond donors (Lipinski definition) is 2. The van der Waals surface area contributed by atoms with Crippen LogP contribution in [0.15, 0.2) is 24.3 Å². The number of benzene rings is 1. The van der Waals surface area contributed by atoms with E-state index in [-0.39, 0.29) is 19.4 Å². The molecule has 1 saturated heterocycles. The molecule has 2 rings (SSSR count). The van der Waals surface area contributed by atoms with Crippen LogP contribution in [-0.4, -0.2) is 24.0 Å². The van der Waals surface area contributed by atoms with Gasteiger partial charge < -0.3 is 10.6 Å². The molecule has 1 fully saturated rings. The topological polar surface area (TPSA) is 58.2 Å². The van der Waals surface area contributed by atoms with Crippen LogP contribution in [0.25, 0.3) is 0 Å². The van der Waals surface area contributed by atoms with Crippen LogP contribution in [0.2, 0.25) is 0 Å². The Hall–Kier alpha value is -2.05. The van der Waals surface area contributed by atoms with E-state index < -0.39 is 30.0 Å². The van der Waals surface area contributed by atoms with Gasteiger partial charge in [0.05, 0.1) is 0 Å². The van der Waals surface area contributed by atoms with Gasteiger partial charge in [0.2, 0.25) is 11.8 Å². The molecule has 2 amide bonds. The largest absolute Gasteiger partial charge is 0.408 e. The van der Waals surface area contributed by atoms with Crippen molar-refractivity contribution in [2.24, 2.45) is 5.92 Å². The van der Waals surface area contributed by atoms with Gasteiger partial charge in [0.25, 0.3) is 0 Å². The molecule has 0 unspecified atom stereocenters. The van der Waals surface area contributed by atoms with Crippen molar-refractivity contribution in [3.8, 4) is 0 Å². The van der Waals surface area contributed by atoms with Crippen LogP contribution in [0, 0.1) is 12.8 Å². The number of piperidine rings is 1. The predicted molar refractivity (Wildman–Crippen MR) is 73.7 cm³/mol. The highest BCUT2D eigenvalue weighted by molar-refractivity contribution is 6.00. The van der Waals surface area contributed by atoms with Gasteiger partial charge in [0.1, 0.15) is 12.0 Å². The molecular formula is C15H17F3N2O2. The van der Waals surface area contributed by atoms with Gasteiger partial charge in [-0.1, -0.05) is 24.3 Å². The van der Waals surface area contributed by atoms with Crippen LogP contribution in [0.1, 0.15) is 24.0 Å². The molecule has 0 saturated carbocycles. The molecule has 120 valence electrons. The van der Waals surface area contributed by atoms with Gasteiger partial charge in [-0.3, -0.25) is 9.59 Å². The van der Waals surface area contributed by atoms with E-state index in [1.54, 1.807) is 0 Å². The Labute approximate surface area is 126 Å². The maximum absolute atomic E-state index is 12.5. The van der Waals surface area contributed by atoms with Crippen molar-refractivity contribution in [1.29, 1.82) is 0 Å². The standard InChI is InChI=1S/C15H17F3N2O2/c1-9-4-2-3-5-10(9)8-19-13(21)11-6-7-12(15(16,17)18)20-14(11)22/h2-5,11-12H,6-8H2,1H3,(H,19,21)(H,20,22)/t11-,12-/m0/s1. The van der Waals surface area contributed by atoms with E-state index >= 15 is 0 Å². The molecule has 0 aliphatic carbocycles. The summed E-state index contributed by atoms with van der Waals surface area (Å²) in [6.07, 6.45) is -4.86. The number of rotatable bonds is 3. The normalized spacial score (nSPS) is 22.1. The van der Waals surface area contributed by atoms with E-state index in [1.807, 2.05) is 36.5 Å². The Morgan fingerprint density at radius 2 is 2.00 bits per heavy atom. The molecule has 7 heteroatoms. The second-order valence-corrected chi connectivity index (χ2v) is 5.38. The minimum Gasteiger partial charge on any atom is -0.351 e. The second-order valence-electron chi connectivity index (χ2n) is 5.38. The van der Waals surface area contributed by atoms with Crippen LogP contribution in [0.3, 0.4) is 0 Å². The monoisotopic (exact) mass is 314 g/mol. The third-order valence-corrected chi connectivity index (χ3v) is 3.80. The highest BCUT2D eigenvalue weighted by Crippen LogP contribution is 2.28. The molecule has 1 heterocycles. The van der Waals surface area contributed by atoms with Gasteiger partial charge in [0.15, 0.2) is 0 Å². The summed E-state index contributed by atoms with van der Waals surface area (Å²) in [5.74, 6) is -2.47. The molecule has 0 radical (unpaired) electrons. The Kier molecular flexibility index (Phi) is 4.73. The second kappa shape index (κ2) is 6.37. The third-order valence-electron chi connectivity index (χ3n) is 3.80. The first-order valence-corrected chi connectivity index (χ1v) is 6.98. The molecule has 0 bridgehead atoms. The molecule has 2 atom stereocenters. The summed E-state index contributed by atoms with van der Waals surface area (Å²) < 4.78 is 37.6. The number of hydrogen-bond acceptors (Lipinski definition) is 2. The Morgan fingerprint density at radius 1 is 1.32 bits per heavy atom. The van der Waals surface area contributed by atoms with E-state index in [0.717, 1.165) is 11.1 Å². The minimum atomic E-state index is -4.47. The lowest BCUT2D eigenvalue weighted by Gasteiger charge is -2.29. The van der Waals surface area contributed by atoms with Crippen LogP contribution in [0.5, 0.6) is 0 Å². The quantitative estimate of drug-likeness (QED) is 0.839. The summed E-state index contributed by atoms with van der Waals surface area (Å²) in [4.78, 5) is 23.7. The Morgan fingerprint density at radius 3 is 2.59 bits per heavy atom. The van der Waals surface area contributed by atoms with E-state index in [0.29, 0.717) is 0 Å². The van der Waals surface area contributed by atoms with Gasteiger partial charge in [-0.25, -0.2) is 0 Å². The number of aryl methyl sites for hydroxylation is 1. The summed E-state index contributed by atoms with van der Waals surface area (Å²) in [5.41, 5.74) is 1.90. The predicted octanol–water partition coefficient (Wildman–Crippen LogP) is 2.07. The average molecular weight is 314 g/mol. The van der Waals surface area contributed by atoms with Crippen molar-refractivity contribution in [1.82, 2.24) is 10.6 Å². The highest BCUT2D eigenvalue weighted by Gasteiger charge is 2.45. The Balaban J connectivity index is 1.91. The number of carbonyl (C=O) groups excluding carboxylic acids is 2. The molecule has 0 spiro atoms. The fourth-order valence-electron chi connectivity index (χ4n) is 2.42. The van der Waals surface area contributed by atoms with Gasteiger partial charge in [-0.2, -0.15) is 13.2 Å². The van der Waals surface area contributed by atoms with Gasteiger partial charge in [0, 0.05) is 6.54 Å². The van der Waals surface area contributed by atoms with E-state index in [2.05, 4.69) is 5.32 Å². The lowest BCUT2D eigenvalue weighted by Crippen LogP contribution is -2.54. The maximum Gasteiger partial charge on any atom is 0.408 e. The molecular weight excluding hydrogens is 297 g/mol. The first-order chi connectivity index (χ1) is 10.3. The molecule has 4 nitrogen and oxygen atoms in total. The molecule has 1 aliphatic heterocycles. The van der Waals surface area contributed by atoms with Crippen molar-refractivity contribution in [2.75, 3.05) is 0 Å². The molecule has 22 heavy (non-hydrogen) atoms. The molecule has 0 aromatic heterocycles. The summed E-state index contributed by atoms with van der Waals surface area (Å²) in [7, 11) is 0. The van der Waals surface area contributed by atoms with Crippen molar-refractivity contribution < 1.29 is 22.8 Å². The number of carbonyl (C=O) groups is 2. The SMILES string of the molecule is Cc1ccccc1CNC(=O)[C@@H]1CC[C@@H](C(F)(F)F)NC1=O. The summed E-state index contributed by atoms with van der Waals surface area (Å²) >= 11 is 0. The summed E-state index contributed by atoms with van der Waals surface area (Å²) in [6, 6.07) is 5.57. The first-order valence-electron chi connectivity index (χ1n) is 6.98. The number of amides is 2. The zero-order chi connectivity index (χ0) is 16.3. The first kappa shape index (κ1) is 16.3. The fraction of sp³-hybridized carbons (Fsp3) is 0.467. The number of halogens is 3. The zero-order valence-electron chi connectivity index (χ0n) is 12.0. The summed E-state index contributed by atoms with van der Waals surface area (Å²) in [5, 5.41) is 4.48. The lowest BCUT2D eigenvalue weighted by molar-refractivity contribution is -0.171. The summed E-state index contributed by atoms with van der Waals surface area (Å²) in [6.45, 7) is 2.14. The van der Waals surface area contributed by atoms with E-state index in [9.17, 15) is 22.8 Å². The zero-order valence-corrected chi connectivity index (χ0v) is 12.0. The van der Waals surface area contributed by atoms with Gasteiger partial charge >= 0.3 is 6.18 Å². The highest BCUT2D eigenvalue weighted by atomic mass is 19.4. The van der Waals surface area contributed by atoms with Crippen molar-refractivity contribution >= 4 is 11.8 Å². The van der Waals surface area contributed by atoms with Crippen LogP contribution < -0.4 is 10.6 Å². The minimum absolute atomic E-state index is 0.102. The smallest absolute Gasteiger partial charge is 0.351 e. The van der Waals surface area contributed by atoms with Crippen LogP contribution in [-0.2, 0) is 16.1 Å². The molecule has 1 aliphatic rings. The molecule has 1 aromatic rings. The average Bonchev–Trinajstić information content (AvgIpc) is 2.45. The number of alkyl halides is 3. The fourth-order valence-corrected chi connectivity index (χ4v) is 2.42. The lowest BCUT2D eigenvalue weighted by atomic mass is 9.92. The van der Waals surface area contributed by atoms with Crippen molar-refractivity contribution in [2.45, 2.75) is 38.5 Å².